The number of ether oxygens (including phenoxy) is 1. The summed E-state index contributed by atoms with van der Waals surface area (Å²) >= 11 is 0. The first-order chi connectivity index (χ1) is 37.0. The molecule has 0 aromatic carbocycles. The number of carbonyl (C=O) groups is 2. The Labute approximate surface area is 469 Å². The molecule has 0 radical (unpaired) electrons. The van der Waals surface area contributed by atoms with Crippen molar-refractivity contribution in [2.75, 3.05) is 13.2 Å². The van der Waals surface area contributed by atoms with Crippen molar-refractivity contribution in [1.82, 2.24) is 5.32 Å². The molecule has 1 amide bonds. The second-order valence-electron chi connectivity index (χ2n) is 23.5. The van der Waals surface area contributed by atoms with E-state index in [1.54, 1.807) is 0 Å². The number of esters is 1. The van der Waals surface area contributed by atoms with E-state index < -0.39 is 12.1 Å². The Morgan fingerprint density at radius 1 is 0.373 bits per heavy atom. The van der Waals surface area contributed by atoms with E-state index in [9.17, 15) is 19.8 Å². The van der Waals surface area contributed by atoms with E-state index in [2.05, 4.69) is 43.5 Å². The summed E-state index contributed by atoms with van der Waals surface area (Å²) in [4.78, 5) is 24.6. The Balaban J connectivity index is 3.37. The van der Waals surface area contributed by atoms with Gasteiger partial charge < -0.3 is 20.3 Å². The summed E-state index contributed by atoms with van der Waals surface area (Å²) in [6.07, 6.45) is 80.6. The zero-order chi connectivity index (χ0) is 54.3. The van der Waals surface area contributed by atoms with Crippen molar-refractivity contribution in [3.05, 3.63) is 24.3 Å². The molecule has 0 bridgehead atoms. The van der Waals surface area contributed by atoms with Gasteiger partial charge in [0.05, 0.1) is 25.4 Å². The quantitative estimate of drug-likeness (QED) is 0.0320. The van der Waals surface area contributed by atoms with Crippen LogP contribution in [0.15, 0.2) is 24.3 Å². The van der Waals surface area contributed by atoms with E-state index in [4.69, 9.17) is 4.74 Å². The van der Waals surface area contributed by atoms with Crippen LogP contribution < -0.4 is 5.32 Å². The predicted molar refractivity (Wildman–Crippen MR) is 329 cm³/mol. The van der Waals surface area contributed by atoms with Crippen molar-refractivity contribution >= 4 is 11.9 Å². The highest BCUT2D eigenvalue weighted by atomic mass is 16.5. The first-order valence-electron chi connectivity index (χ1n) is 34.1. The molecule has 6 heteroatoms. The monoisotopic (exact) mass is 1060 g/mol. The minimum absolute atomic E-state index is 0.00174. The first-order valence-corrected chi connectivity index (χ1v) is 34.1. The van der Waals surface area contributed by atoms with Crippen molar-refractivity contribution in [2.24, 2.45) is 0 Å². The van der Waals surface area contributed by atoms with Gasteiger partial charge in [0.2, 0.25) is 5.91 Å². The van der Waals surface area contributed by atoms with Gasteiger partial charge >= 0.3 is 5.97 Å². The summed E-state index contributed by atoms with van der Waals surface area (Å²) in [7, 11) is 0. The zero-order valence-electron chi connectivity index (χ0n) is 50.8. The number of nitrogens with one attached hydrogen (secondary N) is 1. The Hall–Kier alpha value is -1.66. The largest absolute Gasteiger partial charge is 0.466 e. The fraction of sp³-hybridized carbons (Fsp3) is 0.913. The van der Waals surface area contributed by atoms with Gasteiger partial charge in [-0.1, -0.05) is 334 Å². The number of aliphatic hydroxyl groups excluding tert-OH is 2. The third-order valence-electron chi connectivity index (χ3n) is 16.0. The third-order valence-corrected chi connectivity index (χ3v) is 16.0. The van der Waals surface area contributed by atoms with Gasteiger partial charge in [0, 0.05) is 12.8 Å². The molecule has 2 atom stereocenters. The number of unbranched alkanes of at least 4 members (excludes halogenated alkanes) is 49. The van der Waals surface area contributed by atoms with E-state index in [-0.39, 0.29) is 18.5 Å². The van der Waals surface area contributed by atoms with Crippen LogP contribution in [0.5, 0.6) is 0 Å². The van der Waals surface area contributed by atoms with Crippen LogP contribution >= 0.6 is 0 Å². The highest BCUT2D eigenvalue weighted by molar-refractivity contribution is 5.76. The summed E-state index contributed by atoms with van der Waals surface area (Å²) in [6.45, 7) is 4.96. The van der Waals surface area contributed by atoms with Gasteiger partial charge in [-0.3, -0.25) is 9.59 Å². The number of amides is 1. The first kappa shape index (κ1) is 73.3. The van der Waals surface area contributed by atoms with Gasteiger partial charge in [0.25, 0.3) is 0 Å². The molecule has 0 aliphatic heterocycles. The average molecular weight is 1060 g/mol. The number of allylic oxidation sites excluding steroid dienone is 4. The lowest BCUT2D eigenvalue weighted by atomic mass is 10.0. The molecule has 6 nitrogen and oxygen atoms in total. The Bertz CT molecular complexity index is 1170. The molecule has 0 heterocycles. The number of rotatable bonds is 64. The number of hydrogen-bond donors (Lipinski definition) is 3. The smallest absolute Gasteiger partial charge is 0.305 e. The summed E-state index contributed by atoms with van der Waals surface area (Å²) in [5.74, 6) is -0.0291. The Morgan fingerprint density at radius 3 is 1.03 bits per heavy atom. The van der Waals surface area contributed by atoms with E-state index in [0.717, 1.165) is 51.4 Å². The van der Waals surface area contributed by atoms with Gasteiger partial charge in [-0.2, -0.15) is 0 Å². The van der Waals surface area contributed by atoms with Gasteiger partial charge in [-0.05, 0) is 57.8 Å². The molecule has 0 aromatic heterocycles. The highest BCUT2D eigenvalue weighted by Crippen LogP contribution is 2.19. The lowest BCUT2D eigenvalue weighted by molar-refractivity contribution is -0.143. The molecule has 75 heavy (non-hydrogen) atoms. The van der Waals surface area contributed by atoms with Gasteiger partial charge in [0.15, 0.2) is 0 Å². The minimum atomic E-state index is -0.665. The molecule has 0 aromatic rings. The van der Waals surface area contributed by atoms with Crippen molar-refractivity contribution in [3.63, 3.8) is 0 Å². The van der Waals surface area contributed by atoms with Gasteiger partial charge in [-0.15, -0.1) is 0 Å². The van der Waals surface area contributed by atoms with E-state index in [1.165, 1.54) is 295 Å². The topological polar surface area (TPSA) is 95.9 Å². The van der Waals surface area contributed by atoms with E-state index >= 15 is 0 Å². The second kappa shape index (κ2) is 64.9. The molecule has 0 saturated heterocycles. The van der Waals surface area contributed by atoms with Gasteiger partial charge in [0.1, 0.15) is 0 Å². The number of aliphatic hydroxyl groups is 2. The normalized spacial score (nSPS) is 12.6. The van der Waals surface area contributed by atoms with Gasteiger partial charge in [-0.25, -0.2) is 0 Å². The SMILES string of the molecule is CCCCCC/C=C\C/C=C\CCCCCCCC(=O)OCCCCCCCCCCCCCCCCCCCCCCCCCC(=O)NC(CO)C(O)CCCCCCCCCCCCCCCCCCCCC. The van der Waals surface area contributed by atoms with Crippen LogP contribution in [0.4, 0.5) is 0 Å². The van der Waals surface area contributed by atoms with Crippen LogP contribution in [-0.4, -0.2) is 47.4 Å². The molecule has 444 valence electrons. The fourth-order valence-electron chi connectivity index (χ4n) is 10.8. The molecule has 0 spiro atoms. The molecular formula is C69H133NO5. The third kappa shape index (κ3) is 61.4. The summed E-state index contributed by atoms with van der Waals surface area (Å²) in [5.41, 5.74) is 0. The lowest BCUT2D eigenvalue weighted by Gasteiger charge is -2.22. The summed E-state index contributed by atoms with van der Waals surface area (Å²) in [5, 5.41) is 23.4. The van der Waals surface area contributed by atoms with Crippen LogP contribution in [0.1, 0.15) is 380 Å². The summed E-state index contributed by atoms with van der Waals surface area (Å²) < 4.78 is 5.49. The van der Waals surface area contributed by atoms with Crippen molar-refractivity contribution < 1.29 is 24.5 Å². The molecule has 3 N–H and O–H groups in total. The standard InChI is InChI=1S/C69H133NO5/c1-3-5-7-9-11-13-15-17-19-21-27-30-33-37-41-45-49-53-57-61-67(72)66(65-71)70-68(73)62-58-54-50-46-42-38-34-31-28-25-23-22-24-26-29-32-36-40-44-48-52-56-60-64-75-69(74)63-59-55-51-47-43-39-35-20-18-16-14-12-10-8-6-4-2/h14,16,20,35,66-67,71-72H,3-13,15,17-19,21-34,36-65H2,1-2H3,(H,70,73)/b16-14-,35-20-. The van der Waals surface area contributed by atoms with Crippen molar-refractivity contribution in [3.8, 4) is 0 Å². The Morgan fingerprint density at radius 2 is 0.667 bits per heavy atom. The lowest BCUT2D eigenvalue weighted by Crippen LogP contribution is -2.45. The van der Waals surface area contributed by atoms with Crippen molar-refractivity contribution in [1.29, 1.82) is 0 Å². The molecule has 0 fully saturated rings. The zero-order valence-corrected chi connectivity index (χ0v) is 50.8. The van der Waals surface area contributed by atoms with Crippen LogP contribution in [0.25, 0.3) is 0 Å². The molecule has 0 rings (SSSR count). The van der Waals surface area contributed by atoms with Crippen LogP contribution in [0, 0.1) is 0 Å². The maximum atomic E-state index is 12.5. The molecule has 0 aliphatic carbocycles. The maximum absolute atomic E-state index is 12.5. The molecule has 0 aliphatic rings. The van der Waals surface area contributed by atoms with Crippen LogP contribution in [-0.2, 0) is 14.3 Å². The molecule has 2 unspecified atom stereocenters. The molecule has 0 saturated carbocycles. The Kier molecular flexibility index (Phi) is 63.4. The van der Waals surface area contributed by atoms with E-state index in [1.807, 2.05) is 0 Å². The average Bonchev–Trinajstić information content (AvgIpc) is 3.41. The maximum Gasteiger partial charge on any atom is 0.305 e. The number of hydrogen-bond acceptors (Lipinski definition) is 5. The van der Waals surface area contributed by atoms with Crippen LogP contribution in [0.3, 0.4) is 0 Å². The summed E-state index contributed by atoms with van der Waals surface area (Å²) in [6, 6.07) is -0.542. The minimum Gasteiger partial charge on any atom is -0.466 e. The highest BCUT2D eigenvalue weighted by Gasteiger charge is 2.20. The van der Waals surface area contributed by atoms with Crippen molar-refractivity contribution in [2.45, 2.75) is 392 Å². The second-order valence-corrected chi connectivity index (χ2v) is 23.5. The number of carbonyl (C=O) groups excluding carboxylic acids is 2. The predicted octanol–water partition coefficient (Wildman–Crippen LogP) is 21.8. The molecular weight excluding hydrogens is 923 g/mol. The fourth-order valence-corrected chi connectivity index (χ4v) is 10.8. The van der Waals surface area contributed by atoms with E-state index in [0.29, 0.717) is 25.9 Å². The van der Waals surface area contributed by atoms with Crippen LogP contribution in [0.2, 0.25) is 0 Å².